The van der Waals surface area contributed by atoms with Crippen molar-refractivity contribution in [3.63, 3.8) is 0 Å². The third-order valence-electron chi connectivity index (χ3n) is 8.31. The summed E-state index contributed by atoms with van der Waals surface area (Å²) in [5, 5.41) is 14.6. The minimum absolute atomic E-state index is 0.0601. The Labute approximate surface area is 236 Å². The summed E-state index contributed by atoms with van der Waals surface area (Å²) in [6, 6.07) is 18.9. The van der Waals surface area contributed by atoms with E-state index >= 15 is 0 Å². The molecule has 0 bridgehead atoms. The van der Waals surface area contributed by atoms with Gasteiger partial charge in [0.2, 0.25) is 0 Å². The van der Waals surface area contributed by atoms with Crippen molar-refractivity contribution in [1.29, 1.82) is 5.41 Å². The predicted molar refractivity (Wildman–Crippen MR) is 161 cm³/mol. The SMILES string of the molecule is CCCCNC(=O)NCc1ccc(CCCC2CC(=O)CC(CCCC)(c3ccccc3)CCCC2=N)cc1. The number of aryl methyl sites for hydroxylation is 1. The molecule has 0 heterocycles. The molecule has 3 rings (SSSR count). The molecule has 5 heteroatoms. The van der Waals surface area contributed by atoms with Gasteiger partial charge >= 0.3 is 6.03 Å². The molecule has 2 unspecified atom stereocenters. The van der Waals surface area contributed by atoms with E-state index in [0.29, 0.717) is 31.7 Å². The highest BCUT2D eigenvalue weighted by molar-refractivity contribution is 5.90. The Morgan fingerprint density at radius 3 is 2.38 bits per heavy atom. The van der Waals surface area contributed by atoms with Gasteiger partial charge in [0.05, 0.1) is 0 Å². The van der Waals surface area contributed by atoms with E-state index in [1.165, 1.54) is 11.1 Å². The summed E-state index contributed by atoms with van der Waals surface area (Å²) in [4.78, 5) is 25.3. The molecule has 2 aromatic rings. The lowest BCUT2D eigenvalue weighted by Gasteiger charge is -2.34. The van der Waals surface area contributed by atoms with Crippen molar-refractivity contribution in [2.75, 3.05) is 6.54 Å². The highest BCUT2D eigenvalue weighted by atomic mass is 16.2. The van der Waals surface area contributed by atoms with Gasteiger partial charge in [-0.15, -0.1) is 0 Å². The van der Waals surface area contributed by atoms with Crippen LogP contribution in [0.25, 0.3) is 0 Å². The van der Waals surface area contributed by atoms with Crippen molar-refractivity contribution in [1.82, 2.24) is 10.6 Å². The first-order valence-corrected chi connectivity index (χ1v) is 15.2. The maximum atomic E-state index is 13.4. The Balaban J connectivity index is 1.52. The topological polar surface area (TPSA) is 82.1 Å². The maximum Gasteiger partial charge on any atom is 0.315 e. The van der Waals surface area contributed by atoms with Gasteiger partial charge in [0.25, 0.3) is 0 Å². The molecular formula is C34H49N3O2. The first-order valence-electron chi connectivity index (χ1n) is 15.2. The Morgan fingerprint density at radius 1 is 0.949 bits per heavy atom. The van der Waals surface area contributed by atoms with Crippen molar-refractivity contribution in [3.8, 4) is 0 Å². The molecule has 39 heavy (non-hydrogen) atoms. The number of ketones is 1. The fourth-order valence-corrected chi connectivity index (χ4v) is 5.94. The van der Waals surface area contributed by atoms with E-state index in [1.54, 1.807) is 0 Å². The number of hydrogen-bond acceptors (Lipinski definition) is 3. The van der Waals surface area contributed by atoms with E-state index in [-0.39, 0.29) is 17.4 Å². The van der Waals surface area contributed by atoms with Gasteiger partial charge in [0, 0.05) is 43.0 Å². The molecule has 1 saturated carbocycles. The van der Waals surface area contributed by atoms with E-state index in [1.807, 2.05) is 0 Å². The number of rotatable bonds is 13. The number of Topliss-reactive ketones (excluding diaryl/α,β-unsaturated/α-hetero) is 1. The molecule has 2 amide bonds. The first-order chi connectivity index (χ1) is 19.0. The minimum atomic E-state index is -0.120. The number of carbonyl (C=O) groups is 2. The molecule has 0 spiro atoms. The molecule has 3 N–H and O–H groups in total. The van der Waals surface area contributed by atoms with Crippen LogP contribution in [0.15, 0.2) is 54.6 Å². The summed E-state index contributed by atoms with van der Waals surface area (Å²) in [6.45, 7) is 5.55. The number of carbonyl (C=O) groups excluding carboxylic acids is 2. The summed E-state index contributed by atoms with van der Waals surface area (Å²) >= 11 is 0. The Hall–Kier alpha value is -2.95. The van der Waals surface area contributed by atoms with Crippen LogP contribution in [0.2, 0.25) is 0 Å². The Kier molecular flexibility index (Phi) is 12.7. The largest absolute Gasteiger partial charge is 0.338 e. The van der Waals surface area contributed by atoms with Gasteiger partial charge in [-0.3, -0.25) is 4.79 Å². The molecular weight excluding hydrogens is 482 g/mol. The molecule has 1 aliphatic carbocycles. The Bertz CT molecular complexity index is 1030. The standard InChI is InChI=1S/C34H49N3O2/c1-3-5-21-34(30-14-8-7-9-15-30)22-11-16-32(35)29(24-31(38)25-34)13-10-12-27-17-19-28(20-18-27)26-37-33(39)36-23-6-4-2/h7-9,14-15,17-20,29,35H,3-6,10-13,16,21-26H2,1-2H3,(H2,36,37,39). The molecule has 1 aliphatic rings. The molecule has 0 radical (unpaired) electrons. The normalized spacial score (nSPS) is 20.1. The van der Waals surface area contributed by atoms with Gasteiger partial charge in [-0.05, 0) is 68.1 Å². The zero-order valence-corrected chi connectivity index (χ0v) is 24.2. The number of unbranched alkanes of at least 4 members (excludes halogenated alkanes) is 2. The van der Waals surface area contributed by atoms with Crippen LogP contribution < -0.4 is 10.6 Å². The highest BCUT2D eigenvalue weighted by Gasteiger charge is 2.36. The second kappa shape index (κ2) is 16.2. The van der Waals surface area contributed by atoms with Gasteiger partial charge in [0.1, 0.15) is 5.78 Å². The second-order valence-corrected chi connectivity index (χ2v) is 11.4. The maximum absolute atomic E-state index is 13.4. The quantitative estimate of drug-likeness (QED) is 0.230. The minimum Gasteiger partial charge on any atom is -0.338 e. The van der Waals surface area contributed by atoms with Crippen LogP contribution in [-0.2, 0) is 23.2 Å². The molecule has 5 nitrogen and oxygen atoms in total. The number of benzene rings is 2. The fraction of sp³-hybridized carbons (Fsp3) is 0.559. The predicted octanol–water partition coefficient (Wildman–Crippen LogP) is 7.91. The van der Waals surface area contributed by atoms with Gasteiger partial charge < -0.3 is 16.0 Å². The zero-order valence-electron chi connectivity index (χ0n) is 24.2. The molecule has 0 saturated heterocycles. The molecule has 2 atom stereocenters. The van der Waals surface area contributed by atoms with Crippen LogP contribution >= 0.6 is 0 Å². The van der Waals surface area contributed by atoms with E-state index in [0.717, 1.165) is 81.9 Å². The summed E-state index contributed by atoms with van der Waals surface area (Å²) in [5.41, 5.74) is 4.32. The van der Waals surface area contributed by atoms with Gasteiger partial charge in [-0.25, -0.2) is 4.79 Å². The van der Waals surface area contributed by atoms with Crippen molar-refractivity contribution in [2.24, 2.45) is 5.92 Å². The first kappa shape index (κ1) is 30.6. The van der Waals surface area contributed by atoms with Gasteiger partial charge in [0.15, 0.2) is 0 Å². The monoisotopic (exact) mass is 531 g/mol. The molecule has 0 aromatic heterocycles. The van der Waals surface area contributed by atoms with Crippen LogP contribution in [0.5, 0.6) is 0 Å². The molecule has 2 aromatic carbocycles. The van der Waals surface area contributed by atoms with Crippen LogP contribution in [0.3, 0.4) is 0 Å². The van der Waals surface area contributed by atoms with Crippen LogP contribution in [-0.4, -0.2) is 24.1 Å². The van der Waals surface area contributed by atoms with Crippen LogP contribution in [0, 0.1) is 11.3 Å². The Morgan fingerprint density at radius 2 is 1.67 bits per heavy atom. The number of nitrogens with one attached hydrogen (secondary N) is 3. The van der Waals surface area contributed by atoms with E-state index in [2.05, 4.69) is 79.1 Å². The second-order valence-electron chi connectivity index (χ2n) is 11.4. The number of urea groups is 1. The van der Waals surface area contributed by atoms with Gasteiger partial charge in [-0.2, -0.15) is 0 Å². The van der Waals surface area contributed by atoms with Crippen LogP contribution in [0.1, 0.15) is 108 Å². The average Bonchev–Trinajstić information content (AvgIpc) is 3.00. The van der Waals surface area contributed by atoms with Crippen LogP contribution in [0.4, 0.5) is 4.79 Å². The third-order valence-corrected chi connectivity index (χ3v) is 8.31. The van der Waals surface area contributed by atoms with Crippen molar-refractivity contribution in [3.05, 3.63) is 71.3 Å². The van der Waals surface area contributed by atoms with E-state index < -0.39 is 0 Å². The van der Waals surface area contributed by atoms with Crippen molar-refractivity contribution < 1.29 is 9.59 Å². The number of hydrogen-bond donors (Lipinski definition) is 3. The third kappa shape index (κ3) is 9.94. The zero-order chi connectivity index (χ0) is 27.9. The lowest BCUT2D eigenvalue weighted by molar-refractivity contribution is -0.121. The number of amides is 2. The van der Waals surface area contributed by atoms with Crippen molar-refractivity contribution >= 4 is 17.5 Å². The lowest BCUT2D eigenvalue weighted by Crippen LogP contribution is -2.35. The summed E-state index contributed by atoms with van der Waals surface area (Å²) in [7, 11) is 0. The van der Waals surface area contributed by atoms with Gasteiger partial charge in [-0.1, -0.05) is 87.7 Å². The fourth-order valence-electron chi connectivity index (χ4n) is 5.94. The van der Waals surface area contributed by atoms with E-state index in [4.69, 9.17) is 5.41 Å². The lowest BCUT2D eigenvalue weighted by atomic mass is 9.69. The molecule has 0 aliphatic heterocycles. The highest BCUT2D eigenvalue weighted by Crippen LogP contribution is 2.41. The summed E-state index contributed by atoms with van der Waals surface area (Å²) in [5.74, 6) is 0.382. The smallest absolute Gasteiger partial charge is 0.315 e. The summed E-state index contributed by atoms with van der Waals surface area (Å²) < 4.78 is 0. The molecule has 212 valence electrons. The average molecular weight is 532 g/mol. The van der Waals surface area contributed by atoms with Crippen molar-refractivity contribution in [2.45, 2.75) is 109 Å². The molecule has 1 fully saturated rings. The summed E-state index contributed by atoms with van der Waals surface area (Å²) in [6.07, 6.45) is 12.0. The van der Waals surface area contributed by atoms with E-state index in [9.17, 15) is 9.59 Å².